The summed E-state index contributed by atoms with van der Waals surface area (Å²) in [5, 5.41) is 9.10. The summed E-state index contributed by atoms with van der Waals surface area (Å²) in [5.41, 5.74) is 4.35. The van der Waals surface area contributed by atoms with Crippen LogP contribution in [0.25, 0.3) is 16.8 Å². The van der Waals surface area contributed by atoms with E-state index in [1.807, 2.05) is 24.3 Å². The molecule has 1 aromatic carbocycles. The first-order valence-corrected chi connectivity index (χ1v) is 5.67. The van der Waals surface area contributed by atoms with E-state index in [1.165, 1.54) is 0 Å². The molecule has 0 saturated carbocycles. The Morgan fingerprint density at radius 3 is 2.72 bits per heavy atom. The van der Waals surface area contributed by atoms with E-state index in [-0.39, 0.29) is 5.69 Å². The van der Waals surface area contributed by atoms with Gasteiger partial charge in [-0.1, -0.05) is 6.07 Å². The van der Waals surface area contributed by atoms with Crippen molar-refractivity contribution in [2.24, 2.45) is 7.05 Å². The average molecular weight is 243 g/mol. The number of imidazole rings is 2. The molecule has 0 aliphatic rings. The highest BCUT2D eigenvalue weighted by Crippen LogP contribution is 2.23. The van der Waals surface area contributed by atoms with Crippen molar-refractivity contribution in [2.75, 3.05) is 0 Å². The molecular weight excluding hydrogens is 230 g/mol. The van der Waals surface area contributed by atoms with Crippen molar-refractivity contribution in [3.8, 4) is 0 Å². The topological polar surface area (TPSA) is 59.5 Å². The van der Waals surface area contributed by atoms with E-state index in [0.29, 0.717) is 5.78 Å². The number of benzene rings is 1. The normalized spacial score (nSPS) is 11.5. The summed E-state index contributed by atoms with van der Waals surface area (Å²) in [6, 6.07) is 4.10. The van der Waals surface area contributed by atoms with Gasteiger partial charge < -0.3 is 9.67 Å². The molecule has 0 atom stereocenters. The fourth-order valence-electron chi connectivity index (χ4n) is 2.41. The maximum absolute atomic E-state index is 11.1. The molecular formula is C13H13N3O2. The largest absolute Gasteiger partial charge is 0.477 e. The van der Waals surface area contributed by atoms with Gasteiger partial charge >= 0.3 is 5.97 Å². The molecule has 3 aromatic rings. The predicted molar refractivity (Wildman–Crippen MR) is 68.1 cm³/mol. The van der Waals surface area contributed by atoms with Gasteiger partial charge in [-0.3, -0.25) is 4.40 Å². The number of hydrogen-bond acceptors (Lipinski definition) is 2. The van der Waals surface area contributed by atoms with Crippen LogP contribution in [0.3, 0.4) is 0 Å². The predicted octanol–water partition coefficient (Wildman–Crippen LogP) is 2.14. The van der Waals surface area contributed by atoms with E-state index in [0.717, 1.165) is 22.2 Å². The summed E-state index contributed by atoms with van der Waals surface area (Å²) in [6.45, 7) is 4.03. The second-order valence-corrected chi connectivity index (χ2v) is 4.61. The molecule has 3 rings (SSSR count). The Morgan fingerprint density at radius 1 is 1.33 bits per heavy atom. The average Bonchev–Trinajstić information content (AvgIpc) is 2.77. The third kappa shape index (κ3) is 1.27. The first-order valence-electron chi connectivity index (χ1n) is 5.67. The van der Waals surface area contributed by atoms with Gasteiger partial charge in [-0.05, 0) is 31.0 Å². The summed E-state index contributed by atoms with van der Waals surface area (Å²) < 4.78 is 3.43. The molecule has 0 spiro atoms. The van der Waals surface area contributed by atoms with Crippen LogP contribution >= 0.6 is 0 Å². The SMILES string of the molecule is Cc1cc(C)c2nc3n(C)c(C(=O)O)cn3c2c1. The molecule has 1 N–H and O–H groups in total. The van der Waals surface area contributed by atoms with Gasteiger partial charge in [-0.2, -0.15) is 0 Å². The minimum atomic E-state index is -0.944. The highest BCUT2D eigenvalue weighted by Gasteiger charge is 2.16. The van der Waals surface area contributed by atoms with Gasteiger partial charge in [-0.15, -0.1) is 0 Å². The van der Waals surface area contributed by atoms with Crippen molar-refractivity contribution in [2.45, 2.75) is 13.8 Å². The van der Waals surface area contributed by atoms with Crippen molar-refractivity contribution in [1.29, 1.82) is 0 Å². The van der Waals surface area contributed by atoms with E-state index in [2.05, 4.69) is 11.1 Å². The van der Waals surface area contributed by atoms with Crippen LogP contribution in [0.15, 0.2) is 18.3 Å². The smallest absolute Gasteiger partial charge is 0.354 e. The van der Waals surface area contributed by atoms with Crippen LogP contribution in [0.2, 0.25) is 0 Å². The first-order chi connectivity index (χ1) is 8.49. The lowest BCUT2D eigenvalue weighted by Crippen LogP contribution is -2.04. The Bertz CT molecular complexity index is 796. The molecule has 0 unspecified atom stereocenters. The highest BCUT2D eigenvalue weighted by atomic mass is 16.4. The Kier molecular flexibility index (Phi) is 2.02. The second kappa shape index (κ2) is 3.35. The zero-order chi connectivity index (χ0) is 13.0. The number of fused-ring (bicyclic) bond motifs is 3. The number of carboxylic acid groups (broad SMARTS) is 1. The van der Waals surface area contributed by atoms with E-state index < -0.39 is 5.97 Å². The molecule has 2 aromatic heterocycles. The van der Waals surface area contributed by atoms with Crippen molar-refractivity contribution >= 4 is 22.8 Å². The Hall–Kier alpha value is -2.30. The number of hydrogen-bond donors (Lipinski definition) is 1. The summed E-state index contributed by atoms with van der Waals surface area (Å²) in [7, 11) is 1.72. The quantitative estimate of drug-likeness (QED) is 0.712. The van der Waals surface area contributed by atoms with Crippen LogP contribution < -0.4 is 0 Å². The van der Waals surface area contributed by atoms with Crippen molar-refractivity contribution in [3.05, 3.63) is 35.2 Å². The molecule has 0 amide bonds. The van der Waals surface area contributed by atoms with Crippen LogP contribution in [-0.4, -0.2) is 25.0 Å². The fraction of sp³-hybridized carbons (Fsp3) is 0.231. The Labute approximate surface area is 103 Å². The minimum absolute atomic E-state index is 0.235. The molecule has 0 bridgehead atoms. The maximum atomic E-state index is 11.1. The number of aromatic carboxylic acids is 1. The Morgan fingerprint density at radius 2 is 2.06 bits per heavy atom. The van der Waals surface area contributed by atoms with Gasteiger partial charge in [0.2, 0.25) is 5.78 Å². The van der Waals surface area contributed by atoms with Gasteiger partial charge in [0.15, 0.2) is 0 Å². The number of rotatable bonds is 1. The van der Waals surface area contributed by atoms with Crippen LogP contribution in [-0.2, 0) is 7.05 Å². The molecule has 0 radical (unpaired) electrons. The van der Waals surface area contributed by atoms with Crippen LogP contribution in [0.1, 0.15) is 21.6 Å². The summed E-state index contributed by atoms with van der Waals surface area (Å²) in [4.78, 5) is 15.6. The minimum Gasteiger partial charge on any atom is -0.477 e. The highest BCUT2D eigenvalue weighted by molar-refractivity contribution is 5.89. The number of aryl methyl sites for hydroxylation is 3. The number of carbonyl (C=O) groups is 1. The van der Waals surface area contributed by atoms with Crippen LogP contribution in [0.4, 0.5) is 0 Å². The summed E-state index contributed by atoms with van der Waals surface area (Å²) in [5.74, 6) is -0.295. The standard InChI is InChI=1S/C13H13N3O2/c1-7-4-8(2)11-9(5-7)16-6-10(12(17)18)15(3)13(16)14-11/h4-6H,1-3H3,(H,17,18). The summed E-state index contributed by atoms with van der Waals surface area (Å²) >= 11 is 0. The number of carboxylic acids is 1. The van der Waals surface area contributed by atoms with E-state index >= 15 is 0 Å². The summed E-state index contributed by atoms with van der Waals surface area (Å²) in [6.07, 6.45) is 1.62. The van der Waals surface area contributed by atoms with Gasteiger partial charge in [0.05, 0.1) is 11.0 Å². The monoisotopic (exact) mass is 243 g/mol. The second-order valence-electron chi connectivity index (χ2n) is 4.61. The molecule has 2 heterocycles. The fourth-order valence-corrected chi connectivity index (χ4v) is 2.41. The number of aromatic nitrogens is 3. The van der Waals surface area contributed by atoms with Crippen molar-refractivity contribution in [3.63, 3.8) is 0 Å². The molecule has 0 aliphatic carbocycles. The van der Waals surface area contributed by atoms with E-state index in [1.54, 1.807) is 17.8 Å². The van der Waals surface area contributed by atoms with Crippen LogP contribution in [0, 0.1) is 13.8 Å². The van der Waals surface area contributed by atoms with Gasteiger partial charge in [-0.25, -0.2) is 9.78 Å². The molecule has 5 nitrogen and oxygen atoms in total. The molecule has 0 aliphatic heterocycles. The number of nitrogens with zero attached hydrogens (tertiary/aromatic N) is 3. The molecule has 18 heavy (non-hydrogen) atoms. The molecule has 92 valence electrons. The zero-order valence-corrected chi connectivity index (χ0v) is 10.4. The van der Waals surface area contributed by atoms with Gasteiger partial charge in [0.25, 0.3) is 0 Å². The lowest BCUT2D eigenvalue weighted by molar-refractivity contribution is 0.0687. The molecule has 0 fully saturated rings. The molecule has 5 heteroatoms. The van der Waals surface area contributed by atoms with E-state index in [4.69, 9.17) is 5.11 Å². The third-order valence-corrected chi connectivity index (χ3v) is 3.24. The molecule has 0 saturated heterocycles. The zero-order valence-electron chi connectivity index (χ0n) is 10.4. The van der Waals surface area contributed by atoms with Crippen molar-refractivity contribution in [1.82, 2.24) is 14.0 Å². The lowest BCUT2D eigenvalue weighted by atomic mass is 10.1. The van der Waals surface area contributed by atoms with Gasteiger partial charge in [0.1, 0.15) is 5.69 Å². The third-order valence-electron chi connectivity index (χ3n) is 3.24. The van der Waals surface area contributed by atoms with E-state index in [9.17, 15) is 4.79 Å². The van der Waals surface area contributed by atoms with Crippen LogP contribution in [0.5, 0.6) is 0 Å². The first kappa shape index (κ1) is 10.8. The van der Waals surface area contributed by atoms with Gasteiger partial charge in [0, 0.05) is 13.2 Å². The maximum Gasteiger partial charge on any atom is 0.354 e. The lowest BCUT2D eigenvalue weighted by Gasteiger charge is -1.98. The Balaban J connectivity index is 2.50. The van der Waals surface area contributed by atoms with Crippen molar-refractivity contribution < 1.29 is 9.90 Å².